The van der Waals surface area contributed by atoms with E-state index in [9.17, 15) is 0 Å². The van der Waals surface area contributed by atoms with Crippen molar-refractivity contribution in [3.63, 3.8) is 0 Å². The van der Waals surface area contributed by atoms with Crippen LogP contribution in [0.3, 0.4) is 0 Å². The van der Waals surface area contributed by atoms with Gasteiger partial charge in [-0.3, -0.25) is 0 Å². The molecule has 98 valence electrons. The first kappa shape index (κ1) is 15.9. The molecule has 0 radical (unpaired) electrons. The first-order valence-electron chi connectivity index (χ1n) is 7.18. The molecular weight excluding hydrogens is 196 g/mol. The van der Waals surface area contributed by atoms with Crippen LogP contribution in [0.25, 0.3) is 0 Å². The van der Waals surface area contributed by atoms with E-state index in [1.54, 1.807) is 0 Å². The third-order valence-corrected chi connectivity index (χ3v) is 3.73. The van der Waals surface area contributed by atoms with Crippen molar-refractivity contribution in [1.29, 1.82) is 0 Å². The molecule has 0 aliphatic carbocycles. The standard InChI is InChI=1S/C14H32N2/c1-6-13(7-2)14(15-8-3)11-12-16(9-4)10-5/h13-15H,6-12H2,1-5H3. The maximum absolute atomic E-state index is 3.66. The Morgan fingerprint density at radius 3 is 1.88 bits per heavy atom. The summed E-state index contributed by atoms with van der Waals surface area (Å²) in [6.07, 6.45) is 3.89. The van der Waals surface area contributed by atoms with Crippen molar-refractivity contribution in [3.8, 4) is 0 Å². The van der Waals surface area contributed by atoms with E-state index in [2.05, 4.69) is 44.8 Å². The summed E-state index contributed by atoms with van der Waals surface area (Å²) in [6, 6.07) is 0.709. The molecular formula is C14H32N2. The Kier molecular flexibility index (Phi) is 10.0. The molecule has 0 aromatic heterocycles. The Morgan fingerprint density at radius 2 is 1.50 bits per heavy atom. The van der Waals surface area contributed by atoms with Crippen molar-refractivity contribution in [2.75, 3.05) is 26.2 Å². The zero-order chi connectivity index (χ0) is 12.4. The van der Waals surface area contributed by atoms with Gasteiger partial charge in [0.25, 0.3) is 0 Å². The normalized spacial score (nSPS) is 13.7. The fraction of sp³-hybridized carbons (Fsp3) is 1.00. The van der Waals surface area contributed by atoms with Gasteiger partial charge >= 0.3 is 0 Å². The van der Waals surface area contributed by atoms with Crippen molar-refractivity contribution < 1.29 is 0 Å². The number of nitrogens with one attached hydrogen (secondary N) is 1. The van der Waals surface area contributed by atoms with E-state index in [0.29, 0.717) is 6.04 Å². The number of nitrogens with zero attached hydrogens (tertiary/aromatic N) is 1. The van der Waals surface area contributed by atoms with E-state index in [0.717, 1.165) is 12.5 Å². The molecule has 1 N–H and O–H groups in total. The summed E-state index contributed by atoms with van der Waals surface area (Å²) >= 11 is 0. The first-order valence-corrected chi connectivity index (χ1v) is 7.18. The minimum atomic E-state index is 0.709. The molecule has 0 heterocycles. The fourth-order valence-corrected chi connectivity index (χ4v) is 2.49. The second-order valence-electron chi connectivity index (χ2n) is 4.56. The highest BCUT2D eigenvalue weighted by atomic mass is 15.1. The quantitative estimate of drug-likeness (QED) is 0.618. The lowest BCUT2D eigenvalue weighted by Gasteiger charge is -2.28. The minimum Gasteiger partial charge on any atom is -0.314 e. The van der Waals surface area contributed by atoms with E-state index >= 15 is 0 Å². The predicted octanol–water partition coefficient (Wildman–Crippen LogP) is 3.13. The Balaban J connectivity index is 4.10. The summed E-state index contributed by atoms with van der Waals surface area (Å²) in [6.45, 7) is 16.0. The summed E-state index contributed by atoms with van der Waals surface area (Å²) in [5, 5.41) is 3.66. The van der Waals surface area contributed by atoms with Crippen molar-refractivity contribution in [2.45, 2.75) is 59.9 Å². The summed E-state index contributed by atoms with van der Waals surface area (Å²) in [5.74, 6) is 0.843. The highest BCUT2D eigenvalue weighted by Crippen LogP contribution is 2.16. The lowest BCUT2D eigenvalue weighted by Crippen LogP contribution is -2.39. The van der Waals surface area contributed by atoms with Crippen LogP contribution in [0, 0.1) is 5.92 Å². The summed E-state index contributed by atoms with van der Waals surface area (Å²) in [4.78, 5) is 2.52. The van der Waals surface area contributed by atoms with Gasteiger partial charge < -0.3 is 10.2 Å². The van der Waals surface area contributed by atoms with E-state index in [-0.39, 0.29) is 0 Å². The summed E-state index contributed by atoms with van der Waals surface area (Å²) < 4.78 is 0. The molecule has 0 bridgehead atoms. The Bertz CT molecular complexity index is 140. The van der Waals surface area contributed by atoms with Gasteiger partial charge in [0, 0.05) is 6.04 Å². The average Bonchev–Trinajstić information content (AvgIpc) is 2.31. The SMILES string of the molecule is CCNC(CCN(CC)CC)C(CC)CC. The molecule has 1 unspecified atom stereocenters. The molecule has 0 aromatic carbocycles. The molecule has 16 heavy (non-hydrogen) atoms. The van der Waals surface area contributed by atoms with Crippen LogP contribution in [0.1, 0.15) is 53.9 Å². The van der Waals surface area contributed by atoms with Crippen LogP contribution >= 0.6 is 0 Å². The third kappa shape index (κ3) is 5.86. The number of hydrogen-bond acceptors (Lipinski definition) is 2. The lowest BCUT2D eigenvalue weighted by molar-refractivity contribution is 0.247. The zero-order valence-corrected chi connectivity index (χ0v) is 12.1. The first-order chi connectivity index (χ1) is 7.73. The molecule has 2 heteroatoms. The van der Waals surface area contributed by atoms with Gasteiger partial charge in [0.1, 0.15) is 0 Å². The van der Waals surface area contributed by atoms with Crippen molar-refractivity contribution in [2.24, 2.45) is 5.92 Å². The van der Waals surface area contributed by atoms with E-state index in [1.165, 1.54) is 38.9 Å². The zero-order valence-electron chi connectivity index (χ0n) is 12.1. The molecule has 0 aliphatic rings. The van der Waals surface area contributed by atoms with Crippen molar-refractivity contribution >= 4 is 0 Å². The Hall–Kier alpha value is -0.0800. The Labute approximate surface area is 103 Å². The van der Waals surface area contributed by atoms with Gasteiger partial charge in [0.05, 0.1) is 0 Å². The van der Waals surface area contributed by atoms with E-state index in [1.807, 2.05) is 0 Å². The lowest BCUT2D eigenvalue weighted by atomic mass is 9.91. The van der Waals surface area contributed by atoms with Crippen LogP contribution in [0.4, 0.5) is 0 Å². The van der Waals surface area contributed by atoms with Gasteiger partial charge in [-0.2, -0.15) is 0 Å². The van der Waals surface area contributed by atoms with Crippen LogP contribution in [0.5, 0.6) is 0 Å². The largest absolute Gasteiger partial charge is 0.314 e. The number of rotatable bonds is 10. The molecule has 0 spiro atoms. The smallest absolute Gasteiger partial charge is 0.0107 e. The summed E-state index contributed by atoms with van der Waals surface area (Å²) in [5.41, 5.74) is 0. The molecule has 0 fully saturated rings. The second-order valence-corrected chi connectivity index (χ2v) is 4.56. The monoisotopic (exact) mass is 228 g/mol. The van der Waals surface area contributed by atoms with Crippen LogP contribution in [0.15, 0.2) is 0 Å². The van der Waals surface area contributed by atoms with Gasteiger partial charge in [-0.05, 0) is 38.5 Å². The van der Waals surface area contributed by atoms with Crippen LogP contribution < -0.4 is 5.32 Å². The second kappa shape index (κ2) is 10.1. The molecule has 0 rings (SSSR count). The molecule has 0 aliphatic heterocycles. The topological polar surface area (TPSA) is 15.3 Å². The van der Waals surface area contributed by atoms with E-state index < -0.39 is 0 Å². The van der Waals surface area contributed by atoms with Crippen LogP contribution in [-0.4, -0.2) is 37.1 Å². The number of hydrogen-bond donors (Lipinski definition) is 1. The highest BCUT2D eigenvalue weighted by molar-refractivity contribution is 4.75. The van der Waals surface area contributed by atoms with Gasteiger partial charge in [0.2, 0.25) is 0 Å². The molecule has 2 nitrogen and oxygen atoms in total. The minimum absolute atomic E-state index is 0.709. The van der Waals surface area contributed by atoms with Crippen molar-refractivity contribution in [1.82, 2.24) is 10.2 Å². The molecule has 1 atom stereocenters. The Morgan fingerprint density at radius 1 is 0.938 bits per heavy atom. The third-order valence-electron chi connectivity index (χ3n) is 3.73. The predicted molar refractivity (Wildman–Crippen MR) is 73.9 cm³/mol. The maximum Gasteiger partial charge on any atom is 0.0107 e. The van der Waals surface area contributed by atoms with E-state index in [4.69, 9.17) is 0 Å². The molecule has 0 saturated carbocycles. The highest BCUT2D eigenvalue weighted by Gasteiger charge is 2.17. The van der Waals surface area contributed by atoms with Gasteiger partial charge in [-0.15, -0.1) is 0 Å². The van der Waals surface area contributed by atoms with Crippen LogP contribution in [-0.2, 0) is 0 Å². The van der Waals surface area contributed by atoms with Crippen molar-refractivity contribution in [3.05, 3.63) is 0 Å². The maximum atomic E-state index is 3.66. The molecule has 0 saturated heterocycles. The van der Waals surface area contributed by atoms with Gasteiger partial charge in [-0.1, -0.05) is 47.5 Å². The van der Waals surface area contributed by atoms with Gasteiger partial charge in [0.15, 0.2) is 0 Å². The molecule has 0 aromatic rings. The molecule has 0 amide bonds. The van der Waals surface area contributed by atoms with Crippen LogP contribution in [0.2, 0.25) is 0 Å². The fourth-order valence-electron chi connectivity index (χ4n) is 2.49. The summed E-state index contributed by atoms with van der Waals surface area (Å²) in [7, 11) is 0. The van der Waals surface area contributed by atoms with Gasteiger partial charge in [-0.25, -0.2) is 0 Å². The average molecular weight is 228 g/mol.